The molecule has 0 saturated heterocycles. The standard InChI is InChI=1S/C18H17NO4.ClH/c1-22-17-4-3-11(6-15(17)20)5-12-9-19-10-13-7-16(21)18(23-2)8-14(12)13;/h3-4,6-10,20-21H,5H2,1-2H3;1H. The van der Waals surface area contributed by atoms with Crippen LogP contribution in [-0.4, -0.2) is 29.4 Å². The zero-order valence-electron chi connectivity index (χ0n) is 13.3. The summed E-state index contributed by atoms with van der Waals surface area (Å²) in [5, 5.41) is 21.6. The molecule has 0 aliphatic heterocycles. The van der Waals surface area contributed by atoms with E-state index in [4.69, 9.17) is 9.47 Å². The molecule has 0 aliphatic carbocycles. The van der Waals surface area contributed by atoms with Gasteiger partial charge >= 0.3 is 0 Å². The average molecular weight is 348 g/mol. The molecule has 0 unspecified atom stereocenters. The van der Waals surface area contributed by atoms with Gasteiger partial charge in [-0.25, -0.2) is 0 Å². The Hall–Kier alpha value is -2.66. The molecule has 24 heavy (non-hydrogen) atoms. The number of benzene rings is 2. The fourth-order valence-electron chi connectivity index (χ4n) is 2.62. The van der Waals surface area contributed by atoms with Gasteiger partial charge in [0.2, 0.25) is 0 Å². The van der Waals surface area contributed by atoms with Crippen LogP contribution in [0.1, 0.15) is 11.1 Å². The monoisotopic (exact) mass is 347 g/mol. The Kier molecular flexibility index (Phi) is 5.36. The summed E-state index contributed by atoms with van der Waals surface area (Å²) >= 11 is 0. The van der Waals surface area contributed by atoms with Crippen molar-refractivity contribution in [3.63, 3.8) is 0 Å². The van der Waals surface area contributed by atoms with Crippen molar-refractivity contribution in [3.05, 3.63) is 53.9 Å². The van der Waals surface area contributed by atoms with Gasteiger partial charge in [0.25, 0.3) is 0 Å². The summed E-state index contributed by atoms with van der Waals surface area (Å²) in [6.07, 6.45) is 4.07. The van der Waals surface area contributed by atoms with Gasteiger partial charge in [0.15, 0.2) is 23.0 Å². The number of methoxy groups -OCH3 is 2. The van der Waals surface area contributed by atoms with E-state index < -0.39 is 0 Å². The third kappa shape index (κ3) is 3.31. The number of rotatable bonds is 4. The molecular formula is C18H18ClNO4. The number of phenolic OH excluding ortho intramolecular Hbond substituents is 2. The van der Waals surface area contributed by atoms with Crippen molar-refractivity contribution in [2.24, 2.45) is 0 Å². The number of aromatic hydroxyl groups is 2. The molecule has 0 saturated carbocycles. The number of aromatic nitrogens is 1. The van der Waals surface area contributed by atoms with Gasteiger partial charge in [0.1, 0.15) is 0 Å². The Morgan fingerprint density at radius 2 is 1.62 bits per heavy atom. The molecule has 0 bridgehead atoms. The molecule has 5 nitrogen and oxygen atoms in total. The van der Waals surface area contributed by atoms with Gasteiger partial charge in [-0.2, -0.15) is 0 Å². The maximum atomic E-state index is 9.91. The van der Waals surface area contributed by atoms with E-state index in [1.807, 2.05) is 6.07 Å². The average Bonchev–Trinajstić information content (AvgIpc) is 2.54. The molecule has 0 radical (unpaired) electrons. The molecule has 3 rings (SSSR count). The number of fused-ring (bicyclic) bond motifs is 1. The van der Waals surface area contributed by atoms with Gasteiger partial charge in [-0.15, -0.1) is 12.4 Å². The minimum atomic E-state index is 0. The molecule has 2 aromatic carbocycles. The lowest BCUT2D eigenvalue weighted by molar-refractivity contribution is 0.373. The highest BCUT2D eigenvalue weighted by molar-refractivity contribution is 5.88. The van der Waals surface area contributed by atoms with Crippen LogP contribution in [0.25, 0.3) is 10.8 Å². The topological polar surface area (TPSA) is 71.8 Å². The number of hydrogen-bond donors (Lipinski definition) is 2. The van der Waals surface area contributed by atoms with E-state index in [1.54, 1.807) is 36.7 Å². The quantitative estimate of drug-likeness (QED) is 0.753. The number of phenols is 2. The third-order valence-corrected chi connectivity index (χ3v) is 3.78. The van der Waals surface area contributed by atoms with Crippen molar-refractivity contribution in [2.75, 3.05) is 14.2 Å². The second kappa shape index (κ2) is 7.27. The van der Waals surface area contributed by atoms with Gasteiger partial charge < -0.3 is 19.7 Å². The molecule has 0 amide bonds. The van der Waals surface area contributed by atoms with E-state index in [1.165, 1.54) is 14.2 Å². The minimum absolute atomic E-state index is 0. The lowest BCUT2D eigenvalue weighted by Gasteiger charge is -2.10. The fraction of sp³-hybridized carbons (Fsp3) is 0.167. The van der Waals surface area contributed by atoms with E-state index in [2.05, 4.69) is 4.98 Å². The van der Waals surface area contributed by atoms with Crippen LogP contribution in [0.3, 0.4) is 0 Å². The molecule has 0 aliphatic rings. The Balaban J connectivity index is 0.00000208. The van der Waals surface area contributed by atoms with E-state index >= 15 is 0 Å². The van der Waals surface area contributed by atoms with Crippen molar-refractivity contribution in [3.8, 4) is 23.0 Å². The SMILES string of the molecule is COc1ccc(Cc2cncc3cc(O)c(OC)cc23)cc1O.Cl. The minimum Gasteiger partial charge on any atom is -0.504 e. The predicted molar refractivity (Wildman–Crippen MR) is 94.7 cm³/mol. The first kappa shape index (κ1) is 17.7. The van der Waals surface area contributed by atoms with Crippen LogP contribution in [0.5, 0.6) is 23.0 Å². The Morgan fingerprint density at radius 3 is 2.29 bits per heavy atom. The molecule has 126 valence electrons. The Morgan fingerprint density at radius 1 is 0.917 bits per heavy atom. The van der Waals surface area contributed by atoms with Crippen molar-refractivity contribution >= 4 is 23.2 Å². The zero-order chi connectivity index (χ0) is 16.4. The Bertz CT molecular complexity index is 867. The summed E-state index contributed by atoms with van der Waals surface area (Å²) in [7, 11) is 3.03. The Labute approximate surface area is 145 Å². The molecule has 3 aromatic rings. The third-order valence-electron chi connectivity index (χ3n) is 3.78. The first-order valence-corrected chi connectivity index (χ1v) is 7.12. The summed E-state index contributed by atoms with van der Waals surface area (Å²) in [6, 6.07) is 8.74. The highest BCUT2D eigenvalue weighted by atomic mass is 35.5. The van der Waals surface area contributed by atoms with Crippen molar-refractivity contribution in [1.29, 1.82) is 0 Å². The van der Waals surface area contributed by atoms with Crippen LogP contribution in [0.2, 0.25) is 0 Å². The van der Waals surface area contributed by atoms with Crippen molar-refractivity contribution in [2.45, 2.75) is 6.42 Å². The molecule has 0 atom stereocenters. The first-order chi connectivity index (χ1) is 11.1. The summed E-state index contributed by atoms with van der Waals surface area (Å²) < 4.78 is 10.2. The van der Waals surface area contributed by atoms with Crippen LogP contribution in [0, 0.1) is 0 Å². The lowest BCUT2D eigenvalue weighted by Crippen LogP contribution is -1.94. The van der Waals surface area contributed by atoms with Crippen molar-refractivity contribution < 1.29 is 19.7 Å². The summed E-state index contributed by atoms with van der Waals surface area (Å²) in [5.74, 6) is 1.05. The summed E-state index contributed by atoms with van der Waals surface area (Å²) in [5.41, 5.74) is 1.91. The second-order valence-corrected chi connectivity index (χ2v) is 5.23. The van der Waals surface area contributed by atoms with Crippen LogP contribution < -0.4 is 9.47 Å². The fourth-order valence-corrected chi connectivity index (χ4v) is 2.62. The van der Waals surface area contributed by atoms with E-state index in [9.17, 15) is 10.2 Å². The molecular weight excluding hydrogens is 330 g/mol. The molecule has 0 fully saturated rings. The van der Waals surface area contributed by atoms with Crippen LogP contribution in [0.15, 0.2) is 42.7 Å². The molecule has 0 spiro atoms. The molecule has 2 N–H and O–H groups in total. The first-order valence-electron chi connectivity index (χ1n) is 7.12. The number of hydrogen-bond acceptors (Lipinski definition) is 5. The van der Waals surface area contributed by atoms with Gasteiger partial charge in [-0.05, 0) is 47.2 Å². The maximum Gasteiger partial charge on any atom is 0.161 e. The van der Waals surface area contributed by atoms with Gasteiger partial charge in [0.05, 0.1) is 14.2 Å². The number of halogens is 1. The number of ether oxygens (including phenoxy) is 2. The van der Waals surface area contributed by atoms with Gasteiger partial charge in [-0.3, -0.25) is 4.98 Å². The smallest absolute Gasteiger partial charge is 0.161 e. The highest BCUT2D eigenvalue weighted by Crippen LogP contribution is 2.33. The second-order valence-electron chi connectivity index (χ2n) is 5.23. The summed E-state index contributed by atoms with van der Waals surface area (Å²) in [4.78, 5) is 4.22. The van der Waals surface area contributed by atoms with Gasteiger partial charge in [0, 0.05) is 17.8 Å². The molecule has 1 aromatic heterocycles. The van der Waals surface area contributed by atoms with Gasteiger partial charge in [-0.1, -0.05) is 6.07 Å². The van der Waals surface area contributed by atoms with Crippen LogP contribution in [-0.2, 0) is 6.42 Å². The largest absolute Gasteiger partial charge is 0.504 e. The van der Waals surface area contributed by atoms with E-state index in [0.29, 0.717) is 17.9 Å². The predicted octanol–water partition coefficient (Wildman–Crippen LogP) is 3.68. The molecule has 1 heterocycles. The summed E-state index contributed by atoms with van der Waals surface area (Å²) in [6.45, 7) is 0. The lowest BCUT2D eigenvalue weighted by atomic mass is 10.00. The maximum absolute atomic E-state index is 9.91. The van der Waals surface area contributed by atoms with E-state index in [0.717, 1.165) is 21.9 Å². The normalized spacial score (nSPS) is 10.2. The van der Waals surface area contributed by atoms with E-state index in [-0.39, 0.29) is 23.9 Å². The number of pyridine rings is 1. The zero-order valence-corrected chi connectivity index (χ0v) is 14.1. The van der Waals surface area contributed by atoms with Crippen LogP contribution in [0.4, 0.5) is 0 Å². The van der Waals surface area contributed by atoms with Crippen LogP contribution >= 0.6 is 12.4 Å². The van der Waals surface area contributed by atoms with Crippen molar-refractivity contribution in [1.82, 2.24) is 4.98 Å². The molecule has 6 heteroatoms. The highest BCUT2D eigenvalue weighted by Gasteiger charge is 2.10. The number of nitrogens with zero attached hydrogens (tertiary/aromatic N) is 1.